The molecule has 6 nitrogen and oxygen atoms in total. The standard InChI is InChI=1S/C8H6N2O4/c1-5-8(10(11)12)7(9-14-5)6-3-2-4-13-6/h2-4H,1H3. The van der Waals surface area contributed by atoms with Gasteiger partial charge in [0.2, 0.25) is 11.5 Å². The number of rotatable bonds is 2. The van der Waals surface area contributed by atoms with Gasteiger partial charge in [0, 0.05) is 6.92 Å². The number of nitro groups is 1. The largest absolute Gasteiger partial charge is 0.462 e. The minimum absolute atomic E-state index is 0.123. The quantitative estimate of drug-likeness (QED) is 0.540. The van der Waals surface area contributed by atoms with Crippen LogP contribution in [0, 0.1) is 17.0 Å². The van der Waals surface area contributed by atoms with Gasteiger partial charge in [0.25, 0.3) is 0 Å². The molecule has 0 radical (unpaired) electrons. The zero-order valence-corrected chi connectivity index (χ0v) is 7.26. The highest BCUT2D eigenvalue weighted by atomic mass is 16.6. The van der Waals surface area contributed by atoms with Gasteiger partial charge in [-0.15, -0.1) is 0 Å². The number of hydrogen-bond donors (Lipinski definition) is 0. The summed E-state index contributed by atoms with van der Waals surface area (Å²) in [4.78, 5) is 10.1. The molecule has 2 aromatic rings. The first-order valence-electron chi connectivity index (χ1n) is 3.84. The third kappa shape index (κ3) is 1.17. The lowest BCUT2D eigenvalue weighted by molar-refractivity contribution is -0.385. The van der Waals surface area contributed by atoms with Crippen molar-refractivity contribution >= 4 is 5.69 Å². The van der Waals surface area contributed by atoms with Crippen LogP contribution in [0.5, 0.6) is 0 Å². The van der Waals surface area contributed by atoms with Crippen molar-refractivity contribution in [2.45, 2.75) is 6.92 Å². The first-order valence-corrected chi connectivity index (χ1v) is 3.84. The highest BCUT2D eigenvalue weighted by molar-refractivity contribution is 5.65. The average Bonchev–Trinajstić information content (AvgIpc) is 2.70. The summed E-state index contributed by atoms with van der Waals surface area (Å²) in [7, 11) is 0. The van der Waals surface area contributed by atoms with E-state index in [2.05, 4.69) is 5.16 Å². The van der Waals surface area contributed by atoms with Crippen LogP contribution in [-0.2, 0) is 0 Å². The molecule has 2 aromatic heterocycles. The van der Waals surface area contributed by atoms with Crippen molar-refractivity contribution in [1.82, 2.24) is 5.16 Å². The maximum absolute atomic E-state index is 10.7. The molecule has 2 rings (SSSR count). The molecule has 6 heteroatoms. The lowest BCUT2D eigenvalue weighted by Crippen LogP contribution is -1.90. The van der Waals surface area contributed by atoms with Gasteiger partial charge in [0.1, 0.15) is 0 Å². The van der Waals surface area contributed by atoms with E-state index in [1.165, 1.54) is 13.2 Å². The van der Waals surface area contributed by atoms with Gasteiger partial charge in [0.05, 0.1) is 11.2 Å². The monoisotopic (exact) mass is 194 g/mol. The van der Waals surface area contributed by atoms with Gasteiger partial charge in [-0.1, -0.05) is 5.16 Å². The van der Waals surface area contributed by atoms with Crippen LogP contribution in [0.25, 0.3) is 11.5 Å². The smallest absolute Gasteiger partial charge is 0.342 e. The topological polar surface area (TPSA) is 82.3 Å². The molecular formula is C8H6N2O4. The summed E-state index contributed by atoms with van der Waals surface area (Å²) >= 11 is 0. The predicted molar refractivity (Wildman–Crippen MR) is 45.6 cm³/mol. The fourth-order valence-electron chi connectivity index (χ4n) is 1.16. The van der Waals surface area contributed by atoms with Crippen molar-refractivity contribution in [3.8, 4) is 11.5 Å². The molecule has 0 aromatic carbocycles. The predicted octanol–water partition coefficient (Wildman–Crippen LogP) is 2.15. The Morgan fingerprint density at radius 3 is 2.93 bits per heavy atom. The second-order valence-electron chi connectivity index (χ2n) is 2.67. The van der Waals surface area contributed by atoms with Crippen LogP contribution >= 0.6 is 0 Å². The lowest BCUT2D eigenvalue weighted by Gasteiger charge is -1.88. The third-order valence-corrected chi connectivity index (χ3v) is 1.77. The van der Waals surface area contributed by atoms with Crippen molar-refractivity contribution in [3.63, 3.8) is 0 Å². The summed E-state index contributed by atoms with van der Waals surface area (Å²) < 4.78 is 9.73. The average molecular weight is 194 g/mol. The van der Waals surface area contributed by atoms with Crippen molar-refractivity contribution < 1.29 is 13.9 Å². The Bertz CT molecular complexity index is 458. The first kappa shape index (κ1) is 8.49. The summed E-state index contributed by atoms with van der Waals surface area (Å²) in [6.45, 7) is 1.48. The number of furan rings is 1. The SMILES string of the molecule is Cc1onc(-c2ccco2)c1[N+](=O)[O-]. The van der Waals surface area contributed by atoms with Gasteiger partial charge in [-0.3, -0.25) is 10.1 Å². The molecule has 0 aliphatic carbocycles. The van der Waals surface area contributed by atoms with Gasteiger partial charge in [0.15, 0.2) is 5.76 Å². The van der Waals surface area contributed by atoms with Crippen LogP contribution < -0.4 is 0 Å². The molecule has 0 saturated heterocycles. The summed E-state index contributed by atoms with van der Waals surface area (Å²) in [6.07, 6.45) is 1.42. The highest BCUT2D eigenvalue weighted by Crippen LogP contribution is 2.31. The summed E-state index contributed by atoms with van der Waals surface area (Å²) in [6, 6.07) is 3.22. The molecule has 0 saturated carbocycles. The molecule has 0 amide bonds. The Morgan fingerprint density at radius 1 is 1.57 bits per heavy atom. The van der Waals surface area contributed by atoms with Crippen LogP contribution in [0.3, 0.4) is 0 Å². The molecule has 0 aliphatic rings. The molecular weight excluding hydrogens is 188 g/mol. The van der Waals surface area contributed by atoms with Crippen LogP contribution in [0.15, 0.2) is 27.3 Å². The van der Waals surface area contributed by atoms with E-state index >= 15 is 0 Å². The van der Waals surface area contributed by atoms with Gasteiger partial charge >= 0.3 is 5.69 Å². The zero-order valence-electron chi connectivity index (χ0n) is 7.26. The maximum atomic E-state index is 10.7. The molecule has 14 heavy (non-hydrogen) atoms. The Labute approximate surface area is 78.3 Å². The number of aromatic nitrogens is 1. The summed E-state index contributed by atoms with van der Waals surface area (Å²) in [5.74, 6) is 0.495. The Hall–Kier alpha value is -2.11. The second-order valence-corrected chi connectivity index (χ2v) is 2.67. The fraction of sp³-hybridized carbons (Fsp3) is 0.125. The molecule has 0 atom stereocenters. The van der Waals surface area contributed by atoms with Crippen molar-refractivity contribution in [2.24, 2.45) is 0 Å². The fourth-order valence-corrected chi connectivity index (χ4v) is 1.16. The number of hydrogen-bond acceptors (Lipinski definition) is 5. The molecule has 0 N–H and O–H groups in total. The van der Waals surface area contributed by atoms with Crippen molar-refractivity contribution in [3.05, 3.63) is 34.3 Å². The van der Waals surface area contributed by atoms with Crippen molar-refractivity contribution in [2.75, 3.05) is 0 Å². The van der Waals surface area contributed by atoms with E-state index in [4.69, 9.17) is 8.94 Å². The number of aryl methyl sites for hydroxylation is 1. The van der Waals surface area contributed by atoms with E-state index in [9.17, 15) is 10.1 Å². The molecule has 0 fully saturated rings. The highest BCUT2D eigenvalue weighted by Gasteiger charge is 2.26. The van der Waals surface area contributed by atoms with Gasteiger partial charge in [-0.05, 0) is 12.1 Å². The van der Waals surface area contributed by atoms with E-state index < -0.39 is 4.92 Å². The minimum Gasteiger partial charge on any atom is -0.462 e. The van der Waals surface area contributed by atoms with E-state index in [1.54, 1.807) is 12.1 Å². The Morgan fingerprint density at radius 2 is 2.36 bits per heavy atom. The summed E-state index contributed by atoms with van der Waals surface area (Å²) in [5, 5.41) is 14.2. The maximum Gasteiger partial charge on any atom is 0.342 e. The van der Waals surface area contributed by atoms with Gasteiger partial charge < -0.3 is 8.94 Å². The molecule has 0 aliphatic heterocycles. The first-order chi connectivity index (χ1) is 6.70. The Kier molecular flexibility index (Phi) is 1.81. The van der Waals surface area contributed by atoms with Crippen molar-refractivity contribution in [1.29, 1.82) is 0 Å². The van der Waals surface area contributed by atoms with E-state index in [1.807, 2.05) is 0 Å². The number of nitrogens with zero attached hydrogens (tertiary/aromatic N) is 2. The van der Waals surface area contributed by atoms with Crippen LogP contribution in [0.4, 0.5) is 5.69 Å². The van der Waals surface area contributed by atoms with E-state index in [0.29, 0.717) is 5.76 Å². The molecule has 0 unspecified atom stereocenters. The van der Waals surface area contributed by atoms with Gasteiger partial charge in [-0.25, -0.2) is 0 Å². The Balaban J connectivity index is 2.60. The molecule has 0 bridgehead atoms. The molecule has 2 heterocycles. The second kappa shape index (κ2) is 2.99. The normalized spacial score (nSPS) is 10.4. The van der Waals surface area contributed by atoms with Crippen LogP contribution in [0.1, 0.15) is 5.76 Å². The summed E-state index contributed by atoms with van der Waals surface area (Å²) in [5.41, 5.74) is -0.0301. The minimum atomic E-state index is -0.538. The van der Waals surface area contributed by atoms with Gasteiger partial charge in [-0.2, -0.15) is 0 Å². The van der Waals surface area contributed by atoms with Crippen LogP contribution in [0.2, 0.25) is 0 Å². The van der Waals surface area contributed by atoms with E-state index in [-0.39, 0.29) is 17.1 Å². The zero-order chi connectivity index (χ0) is 10.1. The molecule has 72 valence electrons. The van der Waals surface area contributed by atoms with E-state index in [0.717, 1.165) is 0 Å². The lowest BCUT2D eigenvalue weighted by atomic mass is 10.2. The molecule has 0 spiro atoms. The third-order valence-electron chi connectivity index (χ3n) is 1.77. The van der Waals surface area contributed by atoms with Crippen LogP contribution in [-0.4, -0.2) is 10.1 Å².